The van der Waals surface area contributed by atoms with E-state index < -0.39 is 10.0 Å². The third-order valence-corrected chi connectivity index (χ3v) is 8.65. The van der Waals surface area contributed by atoms with E-state index in [0.29, 0.717) is 6.04 Å². The van der Waals surface area contributed by atoms with Crippen molar-refractivity contribution in [3.8, 4) is 0 Å². The first-order valence-corrected chi connectivity index (χ1v) is 8.64. The topological polar surface area (TPSA) is 32.3 Å². The third kappa shape index (κ3) is 3.36. The van der Waals surface area contributed by atoms with Gasteiger partial charge in [-0.2, -0.15) is 0 Å². The summed E-state index contributed by atoms with van der Waals surface area (Å²) in [6, 6.07) is 0.376. The fraction of sp³-hybridized carbons (Fsp3) is 1.00. The Labute approximate surface area is 96.2 Å². The molecule has 0 amide bonds. The van der Waals surface area contributed by atoms with Gasteiger partial charge in [-0.15, -0.1) is 0 Å². The van der Waals surface area contributed by atoms with E-state index in [1.807, 2.05) is 0 Å². The molecule has 2 unspecified atom stereocenters. The molecule has 0 saturated carbocycles. The van der Waals surface area contributed by atoms with E-state index in [9.17, 15) is 5.11 Å². The van der Waals surface area contributed by atoms with Gasteiger partial charge in [0.05, 0.1) is 6.10 Å². The average Bonchev–Trinajstić information content (AvgIpc) is 2.79. The molecule has 2 atom stereocenters. The molecule has 0 radical (unpaired) electrons. The van der Waals surface area contributed by atoms with Crippen molar-refractivity contribution >= 4 is 10.0 Å². The van der Waals surface area contributed by atoms with Crippen LogP contribution in [0.5, 0.6) is 0 Å². The molecule has 0 aromatic carbocycles. The summed E-state index contributed by atoms with van der Waals surface area (Å²) >= 11 is 0. The van der Waals surface area contributed by atoms with Crippen molar-refractivity contribution in [2.45, 2.75) is 45.8 Å². The van der Waals surface area contributed by atoms with Crippen LogP contribution in [0, 0.1) is 0 Å². The van der Waals surface area contributed by atoms with E-state index in [-0.39, 0.29) is 6.10 Å². The molecule has 1 fully saturated rings. The summed E-state index contributed by atoms with van der Waals surface area (Å²) in [6.45, 7) is 7.96. The van der Waals surface area contributed by atoms with Gasteiger partial charge in [-0.25, -0.2) is 10.0 Å². The van der Waals surface area contributed by atoms with Crippen LogP contribution >= 0.6 is 10.0 Å². The standard InChI is InChI=1S/C12H27NOS/c1-4-15(5-2,6-3)10-12(14)11-8-7-9-13-11/h11-14H,4-10H2,1-3H3. The summed E-state index contributed by atoms with van der Waals surface area (Å²) in [5.41, 5.74) is 0. The summed E-state index contributed by atoms with van der Waals surface area (Å²) in [4.78, 5) is 0. The predicted octanol–water partition coefficient (Wildman–Crippen LogP) is 1.96. The van der Waals surface area contributed by atoms with Crippen molar-refractivity contribution < 1.29 is 5.11 Å². The molecule has 1 aliphatic rings. The minimum absolute atomic E-state index is 0.109. The van der Waals surface area contributed by atoms with Gasteiger partial charge in [0, 0.05) is 11.8 Å². The number of aliphatic hydroxyl groups is 1. The highest BCUT2D eigenvalue weighted by Crippen LogP contribution is 2.47. The van der Waals surface area contributed by atoms with E-state index >= 15 is 0 Å². The van der Waals surface area contributed by atoms with Crippen LogP contribution < -0.4 is 5.32 Å². The fourth-order valence-electron chi connectivity index (χ4n) is 2.48. The minimum atomic E-state index is -0.537. The maximum atomic E-state index is 10.2. The lowest BCUT2D eigenvalue weighted by Crippen LogP contribution is -2.39. The van der Waals surface area contributed by atoms with E-state index in [1.165, 1.54) is 23.7 Å². The normalized spacial score (nSPS) is 25.5. The zero-order chi connectivity index (χ0) is 11.3. The van der Waals surface area contributed by atoms with Crippen LogP contribution in [0.1, 0.15) is 33.6 Å². The van der Waals surface area contributed by atoms with Crippen LogP contribution in [-0.4, -0.2) is 46.8 Å². The van der Waals surface area contributed by atoms with Crippen LogP contribution in [0.15, 0.2) is 0 Å². The summed E-state index contributed by atoms with van der Waals surface area (Å²) < 4.78 is 0. The van der Waals surface area contributed by atoms with Gasteiger partial charge < -0.3 is 10.4 Å². The summed E-state index contributed by atoms with van der Waals surface area (Å²) in [5.74, 6) is 4.85. The fourth-order valence-corrected chi connectivity index (χ4v) is 5.37. The van der Waals surface area contributed by atoms with Crippen molar-refractivity contribution in [2.24, 2.45) is 0 Å². The highest BCUT2D eigenvalue weighted by atomic mass is 32.3. The maximum absolute atomic E-state index is 10.2. The predicted molar refractivity (Wildman–Crippen MR) is 71.1 cm³/mol. The maximum Gasteiger partial charge on any atom is 0.0768 e. The molecule has 0 bridgehead atoms. The zero-order valence-electron chi connectivity index (χ0n) is 10.5. The van der Waals surface area contributed by atoms with Gasteiger partial charge in [-0.3, -0.25) is 0 Å². The Morgan fingerprint density at radius 1 is 1.27 bits per heavy atom. The van der Waals surface area contributed by atoms with Crippen LogP contribution in [0.4, 0.5) is 0 Å². The third-order valence-electron chi connectivity index (χ3n) is 3.92. The summed E-state index contributed by atoms with van der Waals surface area (Å²) in [5, 5.41) is 13.7. The Morgan fingerprint density at radius 2 is 1.87 bits per heavy atom. The first kappa shape index (κ1) is 13.3. The van der Waals surface area contributed by atoms with Gasteiger partial charge in [0.2, 0.25) is 0 Å². The van der Waals surface area contributed by atoms with Gasteiger partial charge in [-0.1, -0.05) is 20.8 Å². The van der Waals surface area contributed by atoms with Crippen LogP contribution in [0.25, 0.3) is 0 Å². The van der Waals surface area contributed by atoms with E-state index in [2.05, 4.69) is 26.1 Å². The molecule has 0 aliphatic carbocycles. The molecule has 2 nitrogen and oxygen atoms in total. The SMILES string of the molecule is CCS(CC)(CC)CC(O)C1CCCN1. The van der Waals surface area contributed by atoms with Gasteiger partial charge in [0.1, 0.15) is 0 Å². The lowest BCUT2D eigenvalue weighted by atomic mass is 10.1. The molecule has 1 rings (SSSR count). The Balaban J connectivity index is 2.49. The monoisotopic (exact) mass is 233 g/mol. The van der Waals surface area contributed by atoms with E-state index in [4.69, 9.17) is 0 Å². The molecule has 3 heteroatoms. The minimum Gasteiger partial charge on any atom is -0.391 e. The first-order valence-electron chi connectivity index (χ1n) is 6.33. The van der Waals surface area contributed by atoms with Crippen molar-refractivity contribution in [3.63, 3.8) is 0 Å². The molecule has 2 N–H and O–H groups in total. The number of aliphatic hydroxyl groups excluding tert-OH is 1. The second kappa shape index (κ2) is 6.12. The van der Waals surface area contributed by atoms with Crippen LogP contribution in [-0.2, 0) is 0 Å². The Hall–Kier alpha value is 0.270. The molecule has 0 spiro atoms. The molecule has 1 saturated heterocycles. The molecule has 0 aromatic heterocycles. The Morgan fingerprint density at radius 3 is 2.27 bits per heavy atom. The first-order chi connectivity index (χ1) is 7.17. The van der Waals surface area contributed by atoms with Crippen molar-refractivity contribution in [1.29, 1.82) is 0 Å². The second-order valence-corrected chi connectivity index (χ2v) is 9.04. The highest BCUT2D eigenvalue weighted by molar-refractivity contribution is 8.33. The largest absolute Gasteiger partial charge is 0.391 e. The van der Waals surface area contributed by atoms with Crippen molar-refractivity contribution in [1.82, 2.24) is 5.32 Å². The zero-order valence-corrected chi connectivity index (χ0v) is 11.3. The van der Waals surface area contributed by atoms with Gasteiger partial charge in [-0.05, 0) is 36.6 Å². The van der Waals surface area contributed by atoms with Gasteiger partial charge in [0.15, 0.2) is 0 Å². The average molecular weight is 233 g/mol. The molecular weight excluding hydrogens is 206 g/mol. The van der Waals surface area contributed by atoms with Crippen LogP contribution in [0.2, 0.25) is 0 Å². The van der Waals surface area contributed by atoms with Gasteiger partial charge >= 0.3 is 0 Å². The number of hydrogen-bond donors (Lipinski definition) is 2. The van der Waals surface area contributed by atoms with Crippen molar-refractivity contribution in [2.75, 3.05) is 29.6 Å². The molecule has 1 aliphatic heterocycles. The second-order valence-electron chi connectivity index (χ2n) is 4.53. The molecule has 1 heterocycles. The molecule has 0 aromatic rings. The number of nitrogens with one attached hydrogen (secondary N) is 1. The Bertz CT molecular complexity index is 168. The van der Waals surface area contributed by atoms with Crippen molar-refractivity contribution in [3.05, 3.63) is 0 Å². The van der Waals surface area contributed by atoms with E-state index in [1.54, 1.807) is 0 Å². The number of rotatable bonds is 6. The quantitative estimate of drug-likeness (QED) is 0.735. The summed E-state index contributed by atoms with van der Waals surface area (Å²) in [6.07, 6.45) is 2.28. The van der Waals surface area contributed by atoms with E-state index in [0.717, 1.165) is 18.7 Å². The Kier molecular flexibility index (Phi) is 5.44. The smallest absolute Gasteiger partial charge is 0.0768 e. The van der Waals surface area contributed by atoms with Gasteiger partial charge in [0.25, 0.3) is 0 Å². The lowest BCUT2D eigenvalue weighted by Gasteiger charge is -2.40. The molecule has 92 valence electrons. The lowest BCUT2D eigenvalue weighted by molar-refractivity contribution is 0.158. The summed E-state index contributed by atoms with van der Waals surface area (Å²) in [7, 11) is -0.537. The molecule has 15 heavy (non-hydrogen) atoms. The number of hydrogen-bond acceptors (Lipinski definition) is 2. The highest BCUT2D eigenvalue weighted by Gasteiger charge is 2.28. The molecular formula is C12H27NOS. The van der Waals surface area contributed by atoms with Crippen LogP contribution in [0.3, 0.4) is 0 Å².